The van der Waals surface area contributed by atoms with Gasteiger partial charge in [0.25, 0.3) is 5.91 Å². The van der Waals surface area contributed by atoms with Crippen LogP contribution in [0.5, 0.6) is 5.75 Å². The molecule has 2 saturated heterocycles. The third kappa shape index (κ3) is 4.71. The van der Waals surface area contributed by atoms with E-state index in [1.807, 2.05) is 0 Å². The van der Waals surface area contributed by atoms with Crippen molar-refractivity contribution in [3.63, 3.8) is 0 Å². The molecule has 0 radical (unpaired) electrons. The van der Waals surface area contributed by atoms with Crippen LogP contribution in [0.3, 0.4) is 0 Å². The summed E-state index contributed by atoms with van der Waals surface area (Å²) in [5.41, 5.74) is 1.19. The quantitative estimate of drug-likeness (QED) is 0.764. The maximum absolute atomic E-state index is 13.2. The standard InChI is InChI=1S/C22H25N3O5S/c1-29-18-4-2-17(3-5-18)23-20(26)19-13-31-14-25(19)22(28)15-6-9-24(10-7-15)21(27)16-8-11-30-12-16/h2-5,8,11-12,15,19H,6-7,9-10,13-14H2,1H3,(H,23,26). The normalized spacial score (nSPS) is 19.3. The zero-order chi connectivity index (χ0) is 21.8. The third-order valence-corrected chi connectivity index (χ3v) is 6.74. The number of carbonyl (C=O) groups is 3. The van der Waals surface area contributed by atoms with Crippen LogP contribution in [0.25, 0.3) is 0 Å². The topological polar surface area (TPSA) is 92.1 Å². The minimum atomic E-state index is -0.495. The number of anilines is 1. The number of amides is 3. The van der Waals surface area contributed by atoms with E-state index in [4.69, 9.17) is 9.15 Å². The van der Waals surface area contributed by atoms with Crippen LogP contribution in [0.4, 0.5) is 5.69 Å². The number of nitrogens with zero attached hydrogens (tertiary/aromatic N) is 2. The van der Waals surface area contributed by atoms with E-state index in [0.717, 1.165) is 0 Å². The Bertz CT molecular complexity index is 923. The summed E-state index contributed by atoms with van der Waals surface area (Å²) in [6.45, 7) is 1.04. The van der Waals surface area contributed by atoms with Crippen molar-refractivity contribution in [3.8, 4) is 5.75 Å². The second-order valence-electron chi connectivity index (χ2n) is 7.62. The number of piperidine rings is 1. The van der Waals surface area contributed by atoms with Crippen LogP contribution in [-0.4, -0.2) is 65.4 Å². The molecule has 1 aromatic heterocycles. The zero-order valence-electron chi connectivity index (χ0n) is 17.3. The molecule has 4 rings (SSSR count). The molecule has 3 amide bonds. The molecule has 0 bridgehead atoms. The fraction of sp³-hybridized carbons (Fsp3) is 0.409. The van der Waals surface area contributed by atoms with Crippen LogP contribution in [0, 0.1) is 5.92 Å². The third-order valence-electron chi connectivity index (χ3n) is 5.73. The lowest BCUT2D eigenvalue weighted by Gasteiger charge is -2.34. The Hall–Kier alpha value is -2.94. The molecule has 2 aliphatic heterocycles. The minimum absolute atomic E-state index is 0.00436. The molecule has 1 unspecified atom stereocenters. The molecule has 1 atom stereocenters. The molecular formula is C22H25N3O5S. The fourth-order valence-corrected chi connectivity index (χ4v) is 5.07. The van der Waals surface area contributed by atoms with Crippen molar-refractivity contribution < 1.29 is 23.5 Å². The van der Waals surface area contributed by atoms with Gasteiger partial charge in [-0.1, -0.05) is 0 Å². The molecule has 2 aromatic rings. The molecule has 9 heteroatoms. The monoisotopic (exact) mass is 443 g/mol. The predicted octanol–water partition coefficient (Wildman–Crippen LogP) is 2.68. The highest BCUT2D eigenvalue weighted by molar-refractivity contribution is 7.99. The summed E-state index contributed by atoms with van der Waals surface area (Å²) in [4.78, 5) is 41.9. The summed E-state index contributed by atoms with van der Waals surface area (Å²) in [7, 11) is 1.59. The first-order valence-corrected chi connectivity index (χ1v) is 11.4. The van der Waals surface area contributed by atoms with Gasteiger partial charge >= 0.3 is 0 Å². The van der Waals surface area contributed by atoms with E-state index in [1.165, 1.54) is 12.5 Å². The highest BCUT2D eigenvalue weighted by atomic mass is 32.2. The largest absolute Gasteiger partial charge is 0.497 e. The lowest BCUT2D eigenvalue weighted by molar-refractivity contribution is -0.140. The molecule has 0 saturated carbocycles. The summed E-state index contributed by atoms with van der Waals surface area (Å²) < 4.78 is 10.1. The van der Waals surface area contributed by atoms with Crippen molar-refractivity contribution in [3.05, 3.63) is 48.4 Å². The summed E-state index contributed by atoms with van der Waals surface area (Å²) in [5, 5.41) is 2.90. The van der Waals surface area contributed by atoms with E-state index in [-0.39, 0.29) is 23.6 Å². The lowest BCUT2D eigenvalue weighted by atomic mass is 9.94. The first-order chi connectivity index (χ1) is 15.1. The van der Waals surface area contributed by atoms with Gasteiger partial charge in [-0.05, 0) is 43.2 Å². The highest BCUT2D eigenvalue weighted by Crippen LogP contribution is 2.28. The van der Waals surface area contributed by atoms with E-state index in [1.54, 1.807) is 59.0 Å². The van der Waals surface area contributed by atoms with Crippen LogP contribution in [0.15, 0.2) is 47.3 Å². The number of methoxy groups -OCH3 is 1. The molecule has 164 valence electrons. The maximum atomic E-state index is 13.2. The van der Waals surface area contributed by atoms with Crippen LogP contribution in [0.1, 0.15) is 23.2 Å². The number of rotatable bonds is 5. The van der Waals surface area contributed by atoms with Crippen molar-refractivity contribution >= 4 is 35.2 Å². The molecule has 2 aliphatic rings. The van der Waals surface area contributed by atoms with Crippen molar-refractivity contribution in [2.24, 2.45) is 5.92 Å². The van der Waals surface area contributed by atoms with E-state index in [9.17, 15) is 14.4 Å². The Morgan fingerprint density at radius 1 is 1.13 bits per heavy atom. The molecule has 0 spiro atoms. The molecule has 0 aliphatic carbocycles. The Kier molecular flexibility index (Phi) is 6.50. The first-order valence-electron chi connectivity index (χ1n) is 10.2. The number of benzene rings is 1. The van der Waals surface area contributed by atoms with Gasteiger partial charge in [0.2, 0.25) is 11.8 Å². The fourth-order valence-electron chi connectivity index (χ4n) is 3.91. The van der Waals surface area contributed by atoms with Crippen molar-refractivity contribution in [1.82, 2.24) is 9.80 Å². The molecule has 8 nitrogen and oxygen atoms in total. The van der Waals surface area contributed by atoms with E-state index in [0.29, 0.717) is 54.6 Å². The molecule has 2 fully saturated rings. The number of furan rings is 1. The Labute approximate surface area is 184 Å². The van der Waals surface area contributed by atoms with Crippen LogP contribution < -0.4 is 10.1 Å². The number of nitrogens with one attached hydrogen (secondary N) is 1. The smallest absolute Gasteiger partial charge is 0.257 e. The van der Waals surface area contributed by atoms with Crippen molar-refractivity contribution in [1.29, 1.82) is 0 Å². The minimum Gasteiger partial charge on any atom is -0.497 e. The second kappa shape index (κ2) is 9.47. The average molecular weight is 444 g/mol. The SMILES string of the molecule is COc1ccc(NC(=O)C2CSCN2C(=O)C2CCN(C(=O)c3ccoc3)CC2)cc1. The number of carbonyl (C=O) groups excluding carboxylic acids is 3. The van der Waals surface area contributed by atoms with E-state index < -0.39 is 6.04 Å². The predicted molar refractivity (Wildman–Crippen MR) is 117 cm³/mol. The van der Waals surface area contributed by atoms with Gasteiger partial charge in [0.1, 0.15) is 18.1 Å². The number of ether oxygens (including phenoxy) is 1. The van der Waals surface area contributed by atoms with Crippen LogP contribution in [0.2, 0.25) is 0 Å². The first kappa shape index (κ1) is 21.3. The Balaban J connectivity index is 1.33. The van der Waals surface area contributed by atoms with Gasteiger partial charge in [-0.15, -0.1) is 11.8 Å². The van der Waals surface area contributed by atoms with Gasteiger partial charge in [-0.2, -0.15) is 0 Å². The summed E-state index contributed by atoms with van der Waals surface area (Å²) in [5.74, 6) is 1.35. The van der Waals surface area contributed by atoms with Crippen molar-refractivity contribution in [2.75, 3.05) is 37.1 Å². The Morgan fingerprint density at radius 3 is 2.52 bits per heavy atom. The van der Waals surface area contributed by atoms with E-state index in [2.05, 4.69) is 5.32 Å². The maximum Gasteiger partial charge on any atom is 0.257 e. The molecule has 31 heavy (non-hydrogen) atoms. The zero-order valence-corrected chi connectivity index (χ0v) is 18.1. The van der Waals surface area contributed by atoms with Gasteiger partial charge in [-0.25, -0.2) is 0 Å². The molecular weight excluding hydrogens is 418 g/mol. The van der Waals surface area contributed by atoms with Crippen LogP contribution >= 0.6 is 11.8 Å². The summed E-state index contributed by atoms with van der Waals surface area (Å²) in [6, 6.07) is 8.26. The number of likely N-dealkylation sites (tertiary alicyclic amines) is 1. The van der Waals surface area contributed by atoms with Gasteiger partial charge < -0.3 is 24.3 Å². The van der Waals surface area contributed by atoms with E-state index >= 15 is 0 Å². The summed E-state index contributed by atoms with van der Waals surface area (Å²) >= 11 is 1.58. The lowest BCUT2D eigenvalue weighted by Crippen LogP contribution is -2.49. The molecule has 1 aromatic carbocycles. The highest BCUT2D eigenvalue weighted by Gasteiger charge is 2.39. The number of hydrogen-bond acceptors (Lipinski definition) is 6. The number of hydrogen-bond donors (Lipinski definition) is 1. The van der Waals surface area contributed by atoms with Gasteiger partial charge in [0.05, 0.1) is 24.8 Å². The number of thioether (sulfide) groups is 1. The van der Waals surface area contributed by atoms with Crippen LogP contribution in [-0.2, 0) is 9.59 Å². The molecule has 3 heterocycles. The summed E-state index contributed by atoms with van der Waals surface area (Å²) in [6.07, 6.45) is 4.10. The van der Waals surface area contributed by atoms with Crippen molar-refractivity contribution in [2.45, 2.75) is 18.9 Å². The van der Waals surface area contributed by atoms with Gasteiger partial charge in [0.15, 0.2) is 0 Å². The Morgan fingerprint density at radius 2 is 1.87 bits per heavy atom. The van der Waals surface area contributed by atoms with Gasteiger partial charge in [0, 0.05) is 30.4 Å². The second-order valence-corrected chi connectivity index (χ2v) is 8.62. The molecule has 1 N–H and O–H groups in total. The van der Waals surface area contributed by atoms with Gasteiger partial charge in [-0.3, -0.25) is 14.4 Å². The average Bonchev–Trinajstić information content (AvgIpc) is 3.51.